The van der Waals surface area contributed by atoms with Gasteiger partial charge < -0.3 is 14.2 Å². The van der Waals surface area contributed by atoms with Gasteiger partial charge in [0.15, 0.2) is 5.72 Å². The van der Waals surface area contributed by atoms with Crippen LogP contribution in [0, 0.1) is 5.92 Å². The van der Waals surface area contributed by atoms with Crippen LogP contribution >= 0.6 is 0 Å². The molecule has 4 rings (SSSR count). The highest BCUT2D eigenvalue weighted by Gasteiger charge is 2.60. The molecular formula is C24H31NO5. The van der Waals surface area contributed by atoms with Crippen molar-refractivity contribution < 1.29 is 23.8 Å². The summed E-state index contributed by atoms with van der Waals surface area (Å²) < 4.78 is 17.3. The summed E-state index contributed by atoms with van der Waals surface area (Å²) in [5.74, 6) is -0.198. The molecule has 6 nitrogen and oxygen atoms in total. The number of hydrogen-bond donors (Lipinski definition) is 0. The van der Waals surface area contributed by atoms with Crippen LogP contribution in [0.1, 0.15) is 63.9 Å². The predicted molar refractivity (Wildman–Crippen MR) is 112 cm³/mol. The molecule has 0 N–H and O–H groups in total. The van der Waals surface area contributed by atoms with Crippen molar-refractivity contribution in [1.29, 1.82) is 0 Å². The fourth-order valence-corrected chi connectivity index (χ4v) is 5.14. The number of benzene rings is 1. The van der Waals surface area contributed by atoms with Crippen LogP contribution in [0.3, 0.4) is 0 Å². The summed E-state index contributed by atoms with van der Waals surface area (Å²) in [6, 6.07) is 10.1. The Labute approximate surface area is 178 Å². The van der Waals surface area contributed by atoms with Crippen LogP contribution in [0.5, 0.6) is 0 Å². The molecule has 0 spiro atoms. The number of unbranched alkanes of at least 4 members (excludes halogenated alkanes) is 1. The summed E-state index contributed by atoms with van der Waals surface area (Å²) >= 11 is 0. The van der Waals surface area contributed by atoms with Crippen LogP contribution in [-0.2, 0) is 19.0 Å². The highest BCUT2D eigenvalue weighted by atomic mass is 16.6. The van der Waals surface area contributed by atoms with E-state index < -0.39 is 11.7 Å². The Morgan fingerprint density at radius 1 is 1.27 bits per heavy atom. The molecule has 6 heteroatoms. The Morgan fingerprint density at radius 3 is 2.80 bits per heavy atom. The van der Waals surface area contributed by atoms with E-state index in [1.54, 1.807) is 4.90 Å². The Hall–Kier alpha value is -2.50. The fourth-order valence-electron chi connectivity index (χ4n) is 5.14. The largest absolute Gasteiger partial charge is 0.460 e. The lowest BCUT2D eigenvalue weighted by molar-refractivity contribution is -0.172. The van der Waals surface area contributed by atoms with Gasteiger partial charge in [0.2, 0.25) is 5.76 Å². The summed E-state index contributed by atoms with van der Waals surface area (Å²) in [7, 11) is 0. The summed E-state index contributed by atoms with van der Waals surface area (Å²) in [6.07, 6.45) is 6.64. The zero-order valence-corrected chi connectivity index (χ0v) is 17.8. The SMILES string of the molecule is CCCCOC(=O)C1=C[C@H](c2ccccc2)[C@H]2CCC[C@@]2(N2C(=O)OC[C@H]2CC)O1. The lowest BCUT2D eigenvalue weighted by atomic mass is 9.77. The fraction of sp³-hybridized carbons (Fsp3) is 0.583. The first-order valence-corrected chi connectivity index (χ1v) is 11.2. The molecule has 2 heterocycles. The van der Waals surface area contributed by atoms with E-state index in [0.29, 0.717) is 19.6 Å². The smallest absolute Gasteiger partial charge is 0.413 e. The standard InChI is InChI=1S/C24H31NO5/c1-3-5-14-28-22(26)21-15-19(17-10-7-6-8-11-17)20-12-9-13-24(20,30-21)25-18(4-2)16-29-23(25)27/h6-8,10-11,15,18-20H,3-5,9,12-14,16H2,1-2H3/t18-,19-,20-,24-/m1/s1. The van der Waals surface area contributed by atoms with Crippen molar-refractivity contribution in [1.82, 2.24) is 4.90 Å². The van der Waals surface area contributed by atoms with Gasteiger partial charge in [-0.2, -0.15) is 0 Å². The minimum atomic E-state index is -0.872. The van der Waals surface area contributed by atoms with Gasteiger partial charge in [-0.3, -0.25) is 4.90 Å². The van der Waals surface area contributed by atoms with E-state index in [1.165, 1.54) is 0 Å². The van der Waals surface area contributed by atoms with Crippen molar-refractivity contribution in [2.24, 2.45) is 5.92 Å². The van der Waals surface area contributed by atoms with Crippen LogP contribution < -0.4 is 0 Å². The second kappa shape index (κ2) is 8.70. The van der Waals surface area contributed by atoms with Gasteiger partial charge in [0, 0.05) is 18.3 Å². The number of fused-ring (bicyclic) bond motifs is 1. The average molecular weight is 414 g/mol. The van der Waals surface area contributed by atoms with Crippen LogP contribution in [0.15, 0.2) is 42.2 Å². The molecule has 0 aromatic heterocycles. The topological polar surface area (TPSA) is 65.1 Å². The maximum Gasteiger partial charge on any atom is 0.413 e. The van der Waals surface area contributed by atoms with E-state index in [2.05, 4.69) is 19.1 Å². The minimum absolute atomic E-state index is 0.0259. The Balaban J connectivity index is 1.74. The molecule has 2 aliphatic heterocycles. The number of ether oxygens (including phenoxy) is 3. The second-order valence-electron chi connectivity index (χ2n) is 8.41. The lowest BCUT2D eigenvalue weighted by Gasteiger charge is -2.48. The van der Waals surface area contributed by atoms with Crippen molar-refractivity contribution in [3.05, 3.63) is 47.7 Å². The minimum Gasteiger partial charge on any atom is -0.460 e. The number of carbonyl (C=O) groups excluding carboxylic acids is 2. The molecule has 162 valence electrons. The summed E-state index contributed by atoms with van der Waals surface area (Å²) in [6.45, 7) is 4.83. The van der Waals surface area contributed by atoms with Crippen LogP contribution in [0.2, 0.25) is 0 Å². The summed E-state index contributed by atoms with van der Waals surface area (Å²) in [5, 5.41) is 0. The Morgan fingerprint density at radius 2 is 2.07 bits per heavy atom. The third-order valence-corrected chi connectivity index (χ3v) is 6.64. The first-order chi connectivity index (χ1) is 14.6. The van der Waals surface area contributed by atoms with Crippen LogP contribution in [0.25, 0.3) is 0 Å². The zero-order valence-electron chi connectivity index (χ0n) is 17.8. The molecule has 1 saturated carbocycles. The monoisotopic (exact) mass is 413 g/mol. The van der Waals surface area contributed by atoms with Gasteiger partial charge in [-0.25, -0.2) is 9.59 Å². The molecule has 0 radical (unpaired) electrons. The maximum absolute atomic E-state index is 12.9. The van der Waals surface area contributed by atoms with Crippen molar-refractivity contribution in [2.45, 2.75) is 70.1 Å². The van der Waals surface area contributed by atoms with E-state index in [1.807, 2.05) is 31.2 Å². The van der Waals surface area contributed by atoms with E-state index in [9.17, 15) is 9.59 Å². The molecule has 4 atom stereocenters. The Kier molecular flexibility index (Phi) is 6.02. The molecule has 0 bridgehead atoms. The number of amides is 1. The van der Waals surface area contributed by atoms with Gasteiger partial charge in [-0.15, -0.1) is 0 Å². The van der Waals surface area contributed by atoms with Crippen molar-refractivity contribution in [2.75, 3.05) is 13.2 Å². The van der Waals surface area contributed by atoms with Crippen LogP contribution in [0.4, 0.5) is 4.79 Å². The molecule has 1 amide bonds. The Bertz CT molecular complexity index is 807. The van der Waals surface area contributed by atoms with E-state index in [-0.39, 0.29) is 29.7 Å². The van der Waals surface area contributed by atoms with Crippen LogP contribution in [-0.4, -0.2) is 41.9 Å². The van der Waals surface area contributed by atoms with Gasteiger partial charge in [0.1, 0.15) is 6.61 Å². The molecule has 0 unspecified atom stereocenters. The molecule has 1 saturated heterocycles. The number of allylic oxidation sites excluding steroid dienone is 1. The van der Waals surface area contributed by atoms with Crippen molar-refractivity contribution in [3.8, 4) is 0 Å². The van der Waals surface area contributed by atoms with Crippen molar-refractivity contribution >= 4 is 12.1 Å². The lowest BCUT2D eigenvalue weighted by Crippen LogP contribution is -2.59. The van der Waals surface area contributed by atoms with E-state index in [0.717, 1.165) is 37.7 Å². The molecule has 1 aliphatic carbocycles. The number of nitrogens with zero attached hydrogens (tertiary/aromatic N) is 1. The number of esters is 1. The predicted octanol–water partition coefficient (Wildman–Crippen LogP) is 4.75. The number of cyclic esters (lactones) is 1. The van der Waals surface area contributed by atoms with Gasteiger partial charge in [0.25, 0.3) is 0 Å². The molecule has 30 heavy (non-hydrogen) atoms. The molecule has 1 aromatic carbocycles. The number of hydrogen-bond acceptors (Lipinski definition) is 5. The average Bonchev–Trinajstić information content (AvgIpc) is 3.37. The number of carbonyl (C=O) groups is 2. The van der Waals surface area contributed by atoms with Gasteiger partial charge in [-0.05, 0) is 37.3 Å². The van der Waals surface area contributed by atoms with Gasteiger partial charge in [0.05, 0.1) is 12.6 Å². The quantitative estimate of drug-likeness (QED) is 0.477. The first kappa shape index (κ1) is 20.8. The zero-order chi connectivity index (χ0) is 21.1. The second-order valence-corrected chi connectivity index (χ2v) is 8.41. The first-order valence-electron chi connectivity index (χ1n) is 11.2. The maximum atomic E-state index is 12.9. The van der Waals surface area contributed by atoms with E-state index in [4.69, 9.17) is 14.2 Å². The molecule has 2 fully saturated rings. The van der Waals surface area contributed by atoms with Gasteiger partial charge >= 0.3 is 12.1 Å². The third-order valence-electron chi connectivity index (χ3n) is 6.64. The summed E-state index contributed by atoms with van der Waals surface area (Å²) in [4.78, 5) is 27.5. The van der Waals surface area contributed by atoms with Crippen molar-refractivity contribution in [3.63, 3.8) is 0 Å². The van der Waals surface area contributed by atoms with E-state index >= 15 is 0 Å². The molecule has 1 aromatic rings. The normalized spacial score (nSPS) is 30.3. The highest BCUT2D eigenvalue weighted by molar-refractivity contribution is 5.87. The number of rotatable bonds is 7. The third kappa shape index (κ3) is 3.57. The highest BCUT2D eigenvalue weighted by Crippen LogP contribution is 2.54. The summed E-state index contributed by atoms with van der Waals surface area (Å²) in [5.41, 5.74) is 0.249. The van der Waals surface area contributed by atoms with Gasteiger partial charge in [-0.1, -0.05) is 50.6 Å². The molecular weight excluding hydrogens is 382 g/mol. The molecule has 3 aliphatic rings.